The van der Waals surface area contributed by atoms with Crippen LogP contribution in [0.4, 0.5) is 11.4 Å². The molecule has 1 aliphatic carbocycles. The summed E-state index contributed by atoms with van der Waals surface area (Å²) in [5.74, 6) is -0.0288. The molecule has 1 aliphatic rings. The minimum absolute atomic E-state index is 0.00221. The molecule has 0 aromatic heterocycles. The van der Waals surface area contributed by atoms with Gasteiger partial charge in [0.2, 0.25) is 0 Å². The fourth-order valence-corrected chi connectivity index (χ4v) is 2.78. The molecule has 4 nitrogen and oxygen atoms in total. The van der Waals surface area contributed by atoms with E-state index in [1.54, 1.807) is 12.1 Å². The number of aliphatic hydroxyl groups excluding tert-OH is 1. The van der Waals surface area contributed by atoms with E-state index in [1.165, 1.54) is 19.8 Å². The summed E-state index contributed by atoms with van der Waals surface area (Å²) in [6, 6.07) is 5.42. The van der Waals surface area contributed by atoms with Gasteiger partial charge in [-0.05, 0) is 38.0 Å². The number of carbonyl (C=O) groups is 1. The summed E-state index contributed by atoms with van der Waals surface area (Å²) in [6.45, 7) is 2.47. The average Bonchev–Trinajstić information content (AvgIpc) is 2.87. The highest BCUT2D eigenvalue weighted by Gasteiger charge is 2.32. The molecule has 2 rings (SSSR count). The molecule has 0 heterocycles. The Morgan fingerprint density at radius 2 is 2.11 bits per heavy atom. The van der Waals surface area contributed by atoms with Gasteiger partial charge in [0.1, 0.15) is 0 Å². The predicted molar refractivity (Wildman–Crippen MR) is 77.3 cm³/mol. The normalized spacial score (nSPS) is 17.4. The van der Waals surface area contributed by atoms with Crippen molar-refractivity contribution in [1.29, 1.82) is 0 Å². The Labute approximate surface area is 114 Å². The van der Waals surface area contributed by atoms with E-state index in [0.29, 0.717) is 11.3 Å². The molecule has 19 heavy (non-hydrogen) atoms. The molecule has 1 saturated carbocycles. The molecular weight excluding hydrogens is 240 g/mol. The van der Waals surface area contributed by atoms with Gasteiger partial charge in [0.15, 0.2) is 5.78 Å². The zero-order valence-corrected chi connectivity index (χ0v) is 11.4. The van der Waals surface area contributed by atoms with Crippen molar-refractivity contribution in [3.63, 3.8) is 0 Å². The van der Waals surface area contributed by atoms with Crippen LogP contribution in [0, 0.1) is 5.41 Å². The zero-order valence-electron chi connectivity index (χ0n) is 11.4. The standard InChI is InChI=1S/C15H22N2O2/c1-11(19)13-8-12(4-5-14(13)16)17-9-15(10-18)6-2-3-7-15/h4-5,8,17-18H,2-3,6-7,9-10,16H2,1H3. The highest BCUT2D eigenvalue weighted by molar-refractivity contribution is 6.00. The minimum atomic E-state index is -0.0288. The van der Waals surface area contributed by atoms with Crippen LogP contribution < -0.4 is 11.1 Å². The summed E-state index contributed by atoms with van der Waals surface area (Å²) in [4.78, 5) is 11.5. The molecule has 1 aromatic carbocycles. The number of anilines is 2. The summed E-state index contributed by atoms with van der Waals surface area (Å²) in [5.41, 5.74) is 7.72. The van der Waals surface area contributed by atoms with E-state index in [0.717, 1.165) is 25.1 Å². The lowest BCUT2D eigenvalue weighted by atomic mass is 9.87. The van der Waals surface area contributed by atoms with Crippen molar-refractivity contribution in [2.45, 2.75) is 32.6 Å². The van der Waals surface area contributed by atoms with Gasteiger partial charge in [-0.25, -0.2) is 0 Å². The zero-order chi connectivity index (χ0) is 13.9. The van der Waals surface area contributed by atoms with Crippen LogP contribution in [-0.2, 0) is 0 Å². The van der Waals surface area contributed by atoms with E-state index in [-0.39, 0.29) is 17.8 Å². The molecule has 0 amide bonds. The number of hydrogen-bond donors (Lipinski definition) is 3. The van der Waals surface area contributed by atoms with Crippen LogP contribution in [0.2, 0.25) is 0 Å². The van der Waals surface area contributed by atoms with Gasteiger partial charge in [-0.15, -0.1) is 0 Å². The second kappa shape index (κ2) is 5.61. The van der Waals surface area contributed by atoms with Crippen LogP contribution in [0.25, 0.3) is 0 Å². The molecule has 4 N–H and O–H groups in total. The second-order valence-corrected chi connectivity index (χ2v) is 5.58. The summed E-state index contributed by atoms with van der Waals surface area (Å²) >= 11 is 0. The third kappa shape index (κ3) is 3.07. The van der Waals surface area contributed by atoms with Crippen LogP contribution in [0.5, 0.6) is 0 Å². The lowest BCUT2D eigenvalue weighted by molar-refractivity contribution is 0.101. The van der Waals surface area contributed by atoms with Crippen molar-refractivity contribution in [3.8, 4) is 0 Å². The lowest BCUT2D eigenvalue weighted by Gasteiger charge is -2.27. The first-order valence-electron chi connectivity index (χ1n) is 6.81. The first kappa shape index (κ1) is 13.9. The van der Waals surface area contributed by atoms with Crippen LogP contribution >= 0.6 is 0 Å². The van der Waals surface area contributed by atoms with Gasteiger partial charge in [0.05, 0.1) is 6.61 Å². The smallest absolute Gasteiger partial charge is 0.161 e. The number of rotatable bonds is 5. The highest BCUT2D eigenvalue weighted by atomic mass is 16.3. The van der Waals surface area contributed by atoms with Gasteiger partial charge in [0, 0.05) is 28.9 Å². The Morgan fingerprint density at radius 3 is 2.68 bits per heavy atom. The van der Waals surface area contributed by atoms with Crippen LogP contribution in [-0.4, -0.2) is 24.0 Å². The van der Waals surface area contributed by atoms with Gasteiger partial charge in [-0.2, -0.15) is 0 Å². The van der Waals surface area contributed by atoms with Crippen LogP contribution in [0.1, 0.15) is 43.0 Å². The quantitative estimate of drug-likeness (QED) is 0.563. The number of aliphatic hydroxyl groups is 1. The first-order valence-corrected chi connectivity index (χ1v) is 6.81. The van der Waals surface area contributed by atoms with Gasteiger partial charge in [0.25, 0.3) is 0 Å². The molecule has 1 fully saturated rings. The van der Waals surface area contributed by atoms with E-state index in [2.05, 4.69) is 5.32 Å². The third-order valence-electron chi connectivity index (χ3n) is 4.10. The van der Waals surface area contributed by atoms with Crippen molar-refractivity contribution in [1.82, 2.24) is 0 Å². The second-order valence-electron chi connectivity index (χ2n) is 5.58. The molecule has 0 atom stereocenters. The average molecular weight is 262 g/mol. The molecule has 0 spiro atoms. The van der Waals surface area contributed by atoms with Crippen molar-refractivity contribution >= 4 is 17.2 Å². The summed E-state index contributed by atoms with van der Waals surface area (Å²) in [7, 11) is 0. The number of hydrogen-bond acceptors (Lipinski definition) is 4. The van der Waals surface area contributed by atoms with Crippen LogP contribution in [0.15, 0.2) is 18.2 Å². The largest absolute Gasteiger partial charge is 0.398 e. The van der Waals surface area contributed by atoms with Gasteiger partial charge in [-0.1, -0.05) is 12.8 Å². The van der Waals surface area contributed by atoms with Crippen molar-refractivity contribution in [3.05, 3.63) is 23.8 Å². The maximum Gasteiger partial charge on any atom is 0.161 e. The third-order valence-corrected chi connectivity index (χ3v) is 4.10. The SMILES string of the molecule is CC(=O)c1cc(NCC2(CO)CCCC2)ccc1N. The maximum absolute atomic E-state index is 11.5. The van der Waals surface area contributed by atoms with Gasteiger partial charge in [-0.3, -0.25) is 4.79 Å². The van der Waals surface area contributed by atoms with Crippen molar-refractivity contribution in [2.24, 2.45) is 5.41 Å². The molecule has 0 radical (unpaired) electrons. The number of benzene rings is 1. The number of Topliss-reactive ketones (excluding diaryl/α,β-unsaturated/α-hetero) is 1. The highest BCUT2D eigenvalue weighted by Crippen LogP contribution is 2.37. The van der Waals surface area contributed by atoms with E-state index >= 15 is 0 Å². The Bertz CT molecular complexity index is 465. The molecule has 0 unspecified atom stereocenters. The predicted octanol–water partition coefficient (Wildman–Crippen LogP) is 2.44. The summed E-state index contributed by atoms with van der Waals surface area (Å²) in [6.07, 6.45) is 4.49. The van der Waals surface area contributed by atoms with Gasteiger partial charge < -0.3 is 16.2 Å². The molecular formula is C15H22N2O2. The Hall–Kier alpha value is -1.55. The number of carbonyl (C=O) groups excluding carboxylic acids is 1. The van der Waals surface area contributed by atoms with Crippen LogP contribution in [0.3, 0.4) is 0 Å². The first-order chi connectivity index (χ1) is 9.06. The number of nitrogens with one attached hydrogen (secondary N) is 1. The fraction of sp³-hybridized carbons (Fsp3) is 0.533. The summed E-state index contributed by atoms with van der Waals surface area (Å²) in [5, 5.41) is 12.9. The Kier molecular flexibility index (Phi) is 4.10. The van der Waals surface area contributed by atoms with Crippen molar-refractivity contribution < 1.29 is 9.90 Å². The maximum atomic E-state index is 11.5. The Balaban J connectivity index is 2.07. The minimum Gasteiger partial charge on any atom is -0.398 e. The lowest BCUT2D eigenvalue weighted by Crippen LogP contribution is -2.30. The fourth-order valence-electron chi connectivity index (χ4n) is 2.78. The molecule has 4 heteroatoms. The molecule has 0 aliphatic heterocycles. The molecule has 104 valence electrons. The van der Waals surface area contributed by atoms with Crippen molar-refractivity contribution in [2.75, 3.05) is 24.2 Å². The number of ketones is 1. The topological polar surface area (TPSA) is 75.3 Å². The summed E-state index contributed by atoms with van der Waals surface area (Å²) < 4.78 is 0. The van der Waals surface area contributed by atoms with Gasteiger partial charge >= 0.3 is 0 Å². The number of nitrogen functional groups attached to an aromatic ring is 1. The monoisotopic (exact) mass is 262 g/mol. The van der Waals surface area contributed by atoms with E-state index in [1.807, 2.05) is 6.07 Å². The van der Waals surface area contributed by atoms with E-state index in [4.69, 9.17) is 5.73 Å². The van der Waals surface area contributed by atoms with E-state index < -0.39 is 0 Å². The molecule has 0 bridgehead atoms. The molecule has 1 aromatic rings. The molecule has 0 saturated heterocycles. The Morgan fingerprint density at radius 1 is 1.42 bits per heavy atom. The van der Waals surface area contributed by atoms with E-state index in [9.17, 15) is 9.90 Å². The number of nitrogens with two attached hydrogens (primary N) is 1.